The SMILES string of the molecule is CN1[C@@H](C(=O)Cl)CS[C@@H]1C1CSC(c2ccccc2O)=N1. The van der Waals surface area contributed by atoms with Gasteiger partial charge in [-0.05, 0) is 30.8 Å². The maximum Gasteiger partial charge on any atom is 0.239 e. The van der Waals surface area contributed by atoms with Crippen LogP contribution in [0, 0.1) is 0 Å². The van der Waals surface area contributed by atoms with Crippen LogP contribution in [0.3, 0.4) is 0 Å². The number of nitrogens with zero attached hydrogens (tertiary/aromatic N) is 2. The highest BCUT2D eigenvalue weighted by molar-refractivity contribution is 8.14. The van der Waals surface area contributed by atoms with E-state index in [-0.39, 0.29) is 28.4 Å². The molecule has 3 atom stereocenters. The Morgan fingerprint density at radius 3 is 2.86 bits per heavy atom. The van der Waals surface area contributed by atoms with Gasteiger partial charge in [-0.2, -0.15) is 0 Å². The zero-order valence-electron chi connectivity index (χ0n) is 11.4. The molecule has 0 bridgehead atoms. The third-order valence-corrected chi connectivity index (χ3v) is 6.57. The lowest BCUT2D eigenvalue weighted by Crippen LogP contribution is -2.41. The van der Waals surface area contributed by atoms with Gasteiger partial charge in [0.25, 0.3) is 0 Å². The topological polar surface area (TPSA) is 52.9 Å². The van der Waals surface area contributed by atoms with Crippen molar-refractivity contribution in [1.29, 1.82) is 0 Å². The molecule has 1 N–H and O–H groups in total. The molecule has 2 aliphatic heterocycles. The van der Waals surface area contributed by atoms with Crippen LogP contribution in [0.25, 0.3) is 0 Å². The molecule has 2 heterocycles. The van der Waals surface area contributed by atoms with E-state index >= 15 is 0 Å². The average molecular weight is 343 g/mol. The number of thioether (sulfide) groups is 2. The number of phenolic OH excluding ortho intramolecular Hbond substituents is 1. The molecule has 3 rings (SSSR count). The van der Waals surface area contributed by atoms with Crippen molar-refractivity contribution in [3.8, 4) is 5.75 Å². The van der Waals surface area contributed by atoms with E-state index in [0.29, 0.717) is 5.75 Å². The Kier molecular flexibility index (Phi) is 4.49. The highest BCUT2D eigenvalue weighted by Crippen LogP contribution is 2.37. The molecule has 1 aromatic carbocycles. The number of para-hydroxylation sites is 1. The van der Waals surface area contributed by atoms with E-state index in [1.807, 2.05) is 24.1 Å². The Balaban J connectivity index is 1.78. The first-order valence-corrected chi connectivity index (χ1v) is 9.01. The zero-order chi connectivity index (χ0) is 15.0. The summed E-state index contributed by atoms with van der Waals surface area (Å²) in [4.78, 5) is 18.1. The fourth-order valence-corrected chi connectivity index (χ4v) is 5.64. The summed E-state index contributed by atoms with van der Waals surface area (Å²) in [6.45, 7) is 0. The molecule has 0 spiro atoms. The fourth-order valence-electron chi connectivity index (χ4n) is 2.55. The summed E-state index contributed by atoms with van der Waals surface area (Å²) in [5.74, 6) is 1.83. The summed E-state index contributed by atoms with van der Waals surface area (Å²) >= 11 is 9.00. The van der Waals surface area contributed by atoms with E-state index in [4.69, 9.17) is 16.6 Å². The number of phenols is 1. The van der Waals surface area contributed by atoms with Gasteiger partial charge >= 0.3 is 0 Å². The summed E-state index contributed by atoms with van der Waals surface area (Å²) in [6, 6.07) is 7.12. The lowest BCUT2D eigenvalue weighted by molar-refractivity contribution is -0.115. The lowest BCUT2D eigenvalue weighted by atomic mass is 10.2. The Hall–Kier alpha value is -0.690. The molecular formula is C14H15ClN2O2S2. The maximum absolute atomic E-state index is 11.4. The van der Waals surface area contributed by atoms with Gasteiger partial charge in [0.1, 0.15) is 10.8 Å². The third-order valence-electron chi connectivity index (χ3n) is 3.72. The largest absolute Gasteiger partial charge is 0.507 e. The number of carbonyl (C=O) groups is 1. The van der Waals surface area contributed by atoms with Crippen molar-refractivity contribution in [2.75, 3.05) is 18.6 Å². The van der Waals surface area contributed by atoms with Gasteiger partial charge in [-0.15, -0.1) is 23.5 Å². The summed E-state index contributed by atoms with van der Waals surface area (Å²) in [5.41, 5.74) is 0.778. The summed E-state index contributed by atoms with van der Waals surface area (Å²) in [6.07, 6.45) is 0. The molecule has 0 saturated carbocycles. The quantitative estimate of drug-likeness (QED) is 0.855. The Morgan fingerprint density at radius 2 is 2.19 bits per heavy atom. The normalized spacial score (nSPS) is 29.6. The van der Waals surface area contributed by atoms with Crippen LogP contribution in [0.15, 0.2) is 29.3 Å². The molecule has 112 valence electrons. The second-order valence-corrected chi connectivity index (χ2v) is 7.57. The van der Waals surface area contributed by atoms with Gasteiger partial charge in [0.2, 0.25) is 5.24 Å². The van der Waals surface area contributed by atoms with Crippen LogP contribution in [0.2, 0.25) is 0 Å². The first kappa shape index (κ1) is 15.2. The van der Waals surface area contributed by atoms with E-state index in [9.17, 15) is 9.90 Å². The van der Waals surface area contributed by atoms with Crippen molar-refractivity contribution in [1.82, 2.24) is 4.90 Å². The van der Waals surface area contributed by atoms with Crippen LogP contribution in [0.4, 0.5) is 0 Å². The number of aliphatic imine (C=N–C) groups is 1. The van der Waals surface area contributed by atoms with E-state index in [2.05, 4.69) is 0 Å². The lowest BCUT2D eigenvalue weighted by Gasteiger charge is -2.25. The second-order valence-electron chi connectivity index (χ2n) is 5.04. The average Bonchev–Trinajstić information content (AvgIpc) is 3.05. The van der Waals surface area contributed by atoms with Crippen molar-refractivity contribution in [2.45, 2.75) is 17.5 Å². The number of hydrogen-bond donors (Lipinski definition) is 1. The molecule has 1 aromatic rings. The van der Waals surface area contributed by atoms with E-state index < -0.39 is 0 Å². The third kappa shape index (κ3) is 2.95. The number of halogens is 1. The van der Waals surface area contributed by atoms with E-state index in [0.717, 1.165) is 16.4 Å². The standard InChI is InChI=1S/C14H15ClN2O2S2/c1-17-10(12(15)19)7-21-14(17)9-6-20-13(16-9)8-4-2-3-5-11(8)18/h2-5,9-10,14,18H,6-7H2,1H3/t9?,10-,14-/m1/s1. The predicted molar refractivity (Wildman–Crippen MR) is 89.5 cm³/mol. The van der Waals surface area contributed by atoms with Gasteiger partial charge < -0.3 is 5.11 Å². The van der Waals surface area contributed by atoms with Crippen molar-refractivity contribution < 1.29 is 9.90 Å². The van der Waals surface area contributed by atoms with Gasteiger partial charge in [-0.3, -0.25) is 14.7 Å². The molecule has 1 saturated heterocycles. The highest BCUT2D eigenvalue weighted by atomic mass is 35.5. The van der Waals surface area contributed by atoms with Crippen molar-refractivity contribution >= 4 is 45.4 Å². The summed E-state index contributed by atoms with van der Waals surface area (Å²) < 4.78 is 0. The van der Waals surface area contributed by atoms with Crippen molar-refractivity contribution in [3.05, 3.63) is 29.8 Å². The summed E-state index contributed by atoms with van der Waals surface area (Å²) in [7, 11) is 1.92. The first-order chi connectivity index (χ1) is 10.1. The summed E-state index contributed by atoms with van der Waals surface area (Å²) in [5, 5.41) is 10.6. The van der Waals surface area contributed by atoms with Gasteiger partial charge in [-0.25, -0.2) is 0 Å². The highest BCUT2D eigenvalue weighted by Gasteiger charge is 2.41. The van der Waals surface area contributed by atoms with Gasteiger partial charge in [-0.1, -0.05) is 12.1 Å². The molecule has 1 unspecified atom stereocenters. The molecule has 4 nitrogen and oxygen atoms in total. The van der Waals surface area contributed by atoms with Crippen LogP contribution in [-0.2, 0) is 4.79 Å². The molecule has 1 fully saturated rings. The molecule has 0 aliphatic carbocycles. The van der Waals surface area contributed by atoms with E-state index in [1.54, 1.807) is 35.7 Å². The van der Waals surface area contributed by atoms with E-state index in [1.165, 1.54) is 0 Å². The van der Waals surface area contributed by atoms with Crippen molar-refractivity contribution in [3.63, 3.8) is 0 Å². The zero-order valence-corrected chi connectivity index (χ0v) is 13.8. The molecule has 7 heteroatoms. The first-order valence-electron chi connectivity index (χ1n) is 6.60. The number of benzene rings is 1. The minimum Gasteiger partial charge on any atom is -0.507 e. The molecule has 21 heavy (non-hydrogen) atoms. The minimum atomic E-state index is -0.303. The number of carbonyl (C=O) groups excluding carboxylic acids is 1. The van der Waals surface area contributed by atoms with Gasteiger partial charge in [0.15, 0.2) is 0 Å². The molecule has 0 amide bonds. The second kappa shape index (κ2) is 6.20. The van der Waals surface area contributed by atoms with Crippen LogP contribution >= 0.6 is 35.1 Å². The van der Waals surface area contributed by atoms with Crippen LogP contribution < -0.4 is 0 Å². The Morgan fingerprint density at radius 1 is 1.43 bits per heavy atom. The monoisotopic (exact) mass is 342 g/mol. The smallest absolute Gasteiger partial charge is 0.239 e. The molecule has 0 radical (unpaired) electrons. The minimum absolute atomic E-state index is 0.112. The Labute approximate surface area is 136 Å². The van der Waals surface area contributed by atoms with Gasteiger partial charge in [0, 0.05) is 17.1 Å². The predicted octanol–water partition coefficient (Wildman–Crippen LogP) is 2.39. The number of likely N-dealkylation sites (N-methyl/N-ethyl adjacent to an activating group) is 1. The maximum atomic E-state index is 11.4. The fraction of sp³-hybridized carbons (Fsp3) is 0.429. The van der Waals surface area contributed by atoms with Gasteiger partial charge in [0.05, 0.1) is 17.5 Å². The van der Waals surface area contributed by atoms with Crippen LogP contribution in [0.1, 0.15) is 5.56 Å². The molecular weight excluding hydrogens is 328 g/mol. The number of hydrogen-bond acceptors (Lipinski definition) is 6. The van der Waals surface area contributed by atoms with Crippen LogP contribution in [-0.4, -0.2) is 56.3 Å². The molecule has 0 aromatic heterocycles. The Bertz CT molecular complexity index is 596. The molecule has 2 aliphatic rings. The number of aromatic hydroxyl groups is 1. The number of rotatable bonds is 3. The van der Waals surface area contributed by atoms with Crippen LogP contribution in [0.5, 0.6) is 5.75 Å². The van der Waals surface area contributed by atoms with Crippen molar-refractivity contribution in [2.24, 2.45) is 4.99 Å².